The van der Waals surface area contributed by atoms with Gasteiger partial charge in [-0.15, -0.1) is 11.3 Å². The molecule has 6 heteroatoms. The van der Waals surface area contributed by atoms with Crippen LogP contribution in [0.1, 0.15) is 36.2 Å². The third-order valence-electron chi connectivity index (χ3n) is 4.64. The van der Waals surface area contributed by atoms with Gasteiger partial charge in [-0.25, -0.2) is 4.98 Å². The first-order chi connectivity index (χ1) is 10.8. The molecular formula is C16H19N3O2S. The monoisotopic (exact) mass is 317 g/mol. The predicted molar refractivity (Wildman–Crippen MR) is 84.9 cm³/mol. The lowest BCUT2D eigenvalue weighted by Gasteiger charge is -2.32. The smallest absolute Gasteiger partial charge is 0.271 e. The SMILES string of the molecule is O=C(N[C@H]1CCN2CCCC[C@@H]12)c1csc(-c2ccco2)n1. The fourth-order valence-electron chi connectivity index (χ4n) is 3.55. The summed E-state index contributed by atoms with van der Waals surface area (Å²) in [5, 5.41) is 5.74. The Bertz CT molecular complexity index is 652. The van der Waals surface area contributed by atoms with Gasteiger partial charge in [0, 0.05) is 24.0 Å². The number of thiazole rings is 1. The van der Waals surface area contributed by atoms with E-state index in [1.165, 1.54) is 37.1 Å². The van der Waals surface area contributed by atoms with Crippen LogP contribution in [0.15, 0.2) is 28.2 Å². The maximum atomic E-state index is 12.4. The van der Waals surface area contributed by atoms with E-state index >= 15 is 0 Å². The highest BCUT2D eigenvalue weighted by molar-refractivity contribution is 7.13. The van der Waals surface area contributed by atoms with E-state index in [-0.39, 0.29) is 11.9 Å². The highest BCUT2D eigenvalue weighted by Gasteiger charge is 2.36. The fraction of sp³-hybridized carbons (Fsp3) is 0.500. The summed E-state index contributed by atoms with van der Waals surface area (Å²) >= 11 is 1.44. The first-order valence-corrected chi connectivity index (χ1v) is 8.73. The Balaban J connectivity index is 1.44. The molecule has 0 aliphatic carbocycles. The number of carbonyl (C=O) groups is 1. The van der Waals surface area contributed by atoms with Crippen LogP contribution in [0.25, 0.3) is 10.8 Å². The summed E-state index contributed by atoms with van der Waals surface area (Å²) in [5.41, 5.74) is 0.491. The summed E-state index contributed by atoms with van der Waals surface area (Å²) in [6.45, 7) is 2.28. The number of amides is 1. The molecule has 2 aliphatic heterocycles. The Morgan fingerprint density at radius 1 is 1.36 bits per heavy atom. The molecule has 0 radical (unpaired) electrons. The molecule has 0 unspecified atom stereocenters. The zero-order chi connectivity index (χ0) is 14.9. The highest BCUT2D eigenvalue weighted by Crippen LogP contribution is 2.28. The highest BCUT2D eigenvalue weighted by atomic mass is 32.1. The number of piperidine rings is 1. The van der Waals surface area contributed by atoms with Crippen LogP contribution in [0.5, 0.6) is 0 Å². The molecule has 2 atom stereocenters. The van der Waals surface area contributed by atoms with Crippen molar-refractivity contribution < 1.29 is 9.21 Å². The molecule has 1 N–H and O–H groups in total. The molecule has 22 heavy (non-hydrogen) atoms. The summed E-state index contributed by atoms with van der Waals surface area (Å²) in [6, 6.07) is 4.46. The lowest BCUT2D eigenvalue weighted by Crippen LogP contribution is -2.46. The van der Waals surface area contributed by atoms with Crippen molar-refractivity contribution in [3.63, 3.8) is 0 Å². The molecule has 2 aromatic heterocycles. The van der Waals surface area contributed by atoms with Crippen molar-refractivity contribution in [3.8, 4) is 10.8 Å². The Hall–Kier alpha value is -1.66. The molecule has 4 heterocycles. The van der Waals surface area contributed by atoms with Gasteiger partial charge in [0.1, 0.15) is 5.69 Å². The van der Waals surface area contributed by atoms with Crippen LogP contribution >= 0.6 is 11.3 Å². The van der Waals surface area contributed by atoms with Gasteiger partial charge in [0.2, 0.25) is 0 Å². The summed E-state index contributed by atoms with van der Waals surface area (Å²) in [5.74, 6) is 0.648. The lowest BCUT2D eigenvalue weighted by atomic mass is 9.99. The van der Waals surface area contributed by atoms with Gasteiger partial charge < -0.3 is 9.73 Å². The number of hydrogen-bond donors (Lipinski definition) is 1. The molecule has 5 nitrogen and oxygen atoms in total. The molecule has 2 aromatic rings. The van der Waals surface area contributed by atoms with Gasteiger partial charge in [0.25, 0.3) is 5.91 Å². The summed E-state index contributed by atoms with van der Waals surface area (Å²) in [6.07, 6.45) is 6.42. The average Bonchev–Trinajstić information content (AvgIpc) is 3.28. The van der Waals surface area contributed by atoms with E-state index in [0.29, 0.717) is 17.5 Å². The number of fused-ring (bicyclic) bond motifs is 1. The van der Waals surface area contributed by atoms with Crippen LogP contribution in [0, 0.1) is 0 Å². The van der Waals surface area contributed by atoms with Gasteiger partial charge in [-0.1, -0.05) is 6.42 Å². The van der Waals surface area contributed by atoms with Crippen molar-refractivity contribution >= 4 is 17.2 Å². The maximum Gasteiger partial charge on any atom is 0.271 e. The van der Waals surface area contributed by atoms with Gasteiger partial charge >= 0.3 is 0 Å². The van der Waals surface area contributed by atoms with Crippen molar-refractivity contribution in [2.45, 2.75) is 37.8 Å². The molecule has 4 rings (SSSR count). The molecule has 2 saturated heterocycles. The maximum absolute atomic E-state index is 12.4. The summed E-state index contributed by atoms with van der Waals surface area (Å²) < 4.78 is 5.33. The topological polar surface area (TPSA) is 58.4 Å². The van der Waals surface area contributed by atoms with Crippen molar-refractivity contribution in [2.75, 3.05) is 13.1 Å². The zero-order valence-corrected chi connectivity index (χ0v) is 13.1. The second-order valence-corrected chi connectivity index (χ2v) is 6.84. The van der Waals surface area contributed by atoms with Gasteiger partial charge in [0.05, 0.1) is 6.26 Å². The second-order valence-electron chi connectivity index (χ2n) is 5.98. The van der Waals surface area contributed by atoms with Crippen molar-refractivity contribution in [1.29, 1.82) is 0 Å². The minimum atomic E-state index is -0.0634. The first-order valence-electron chi connectivity index (χ1n) is 7.85. The number of hydrogen-bond acceptors (Lipinski definition) is 5. The second kappa shape index (κ2) is 5.85. The van der Waals surface area contributed by atoms with Crippen molar-refractivity contribution in [2.24, 2.45) is 0 Å². The minimum absolute atomic E-state index is 0.0634. The molecule has 0 aromatic carbocycles. The van der Waals surface area contributed by atoms with Crippen LogP contribution in [0.2, 0.25) is 0 Å². The number of aromatic nitrogens is 1. The van der Waals surface area contributed by atoms with E-state index in [2.05, 4.69) is 15.2 Å². The molecule has 1 amide bonds. The molecular weight excluding hydrogens is 298 g/mol. The van der Waals surface area contributed by atoms with Crippen LogP contribution in [0.3, 0.4) is 0 Å². The third-order valence-corrected chi connectivity index (χ3v) is 5.50. The Kier molecular flexibility index (Phi) is 3.72. The summed E-state index contributed by atoms with van der Waals surface area (Å²) in [4.78, 5) is 19.4. The van der Waals surface area contributed by atoms with Crippen LogP contribution in [0.4, 0.5) is 0 Å². The number of nitrogens with one attached hydrogen (secondary N) is 1. The minimum Gasteiger partial charge on any atom is -0.462 e. The van der Waals surface area contributed by atoms with E-state index in [1.807, 2.05) is 12.1 Å². The van der Waals surface area contributed by atoms with Gasteiger partial charge in [-0.05, 0) is 37.9 Å². The number of carbonyl (C=O) groups excluding carboxylic acids is 1. The molecule has 0 spiro atoms. The lowest BCUT2D eigenvalue weighted by molar-refractivity contribution is 0.0911. The van der Waals surface area contributed by atoms with E-state index in [0.717, 1.165) is 18.0 Å². The van der Waals surface area contributed by atoms with E-state index in [1.54, 1.807) is 11.6 Å². The predicted octanol–water partition coefficient (Wildman–Crippen LogP) is 2.76. The summed E-state index contributed by atoms with van der Waals surface area (Å²) in [7, 11) is 0. The Morgan fingerprint density at radius 3 is 3.18 bits per heavy atom. The van der Waals surface area contributed by atoms with E-state index in [9.17, 15) is 4.79 Å². The average molecular weight is 317 g/mol. The number of furan rings is 1. The fourth-order valence-corrected chi connectivity index (χ4v) is 4.32. The van der Waals surface area contributed by atoms with E-state index < -0.39 is 0 Å². The quantitative estimate of drug-likeness (QED) is 0.945. The van der Waals surface area contributed by atoms with Gasteiger partial charge in [0.15, 0.2) is 10.8 Å². The molecule has 2 aliphatic rings. The Labute approximate surface area is 133 Å². The zero-order valence-electron chi connectivity index (χ0n) is 12.3. The van der Waals surface area contributed by atoms with Crippen LogP contribution < -0.4 is 5.32 Å². The molecule has 0 saturated carbocycles. The van der Waals surface area contributed by atoms with Gasteiger partial charge in [-0.3, -0.25) is 9.69 Å². The molecule has 0 bridgehead atoms. The third kappa shape index (κ3) is 2.57. The molecule has 116 valence electrons. The van der Waals surface area contributed by atoms with Crippen molar-refractivity contribution in [1.82, 2.24) is 15.2 Å². The van der Waals surface area contributed by atoms with E-state index in [4.69, 9.17) is 4.42 Å². The largest absolute Gasteiger partial charge is 0.462 e. The first kappa shape index (κ1) is 14.0. The standard InChI is InChI=1S/C16H19N3O2S/c20-15(12-10-22-16(18-12)14-5-3-9-21-14)17-11-6-8-19-7-2-1-4-13(11)19/h3,5,9-11,13H,1-2,4,6-8H2,(H,17,20)/t11-,13-/m0/s1. The van der Waals surface area contributed by atoms with Crippen LogP contribution in [-0.2, 0) is 0 Å². The normalized spacial score (nSPS) is 25.1. The molecule has 2 fully saturated rings. The van der Waals surface area contributed by atoms with Crippen molar-refractivity contribution in [3.05, 3.63) is 29.5 Å². The van der Waals surface area contributed by atoms with Gasteiger partial charge in [-0.2, -0.15) is 0 Å². The number of rotatable bonds is 3. The number of nitrogens with zero attached hydrogens (tertiary/aromatic N) is 2. The Morgan fingerprint density at radius 2 is 2.32 bits per heavy atom. The van der Waals surface area contributed by atoms with Crippen LogP contribution in [-0.4, -0.2) is 41.0 Å².